The number of nitrogens with zero attached hydrogens (tertiary/aromatic N) is 2. The quantitative estimate of drug-likeness (QED) is 0.868. The molecule has 1 aromatic heterocycles. The highest BCUT2D eigenvalue weighted by molar-refractivity contribution is 5.92. The van der Waals surface area contributed by atoms with E-state index in [1.807, 2.05) is 6.07 Å². The molecule has 5 nitrogen and oxygen atoms in total. The lowest BCUT2D eigenvalue weighted by Gasteiger charge is -2.05. The minimum atomic E-state index is -0.483. The van der Waals surface area contributed by atoms with Gasteiger partial charge in [-0.15, -0.1) is 0 Å². The van der Waals surface area contributed by atoms with Crippen molar-refractivity contribution >= 4 is 11.7 Å². The lowest BCUT2D eigenvalue weighted by atomic mass is 10.1. The lowest BCUT2D eigenvalue weighted by Crippen LogP contribution is -2.09. The number of rotatable bonds is 4. The smallest absolute Gasteiger partial charge is 0.361 e. The van der Waals surface area contributed by atoms with Crippen molar-refractivity contribution in [3.8, 4) is 0 Å². The molecule has 0 saturated carbocycles. The number of aromatic nitrogens is 2. The second-order valence-electron chi connectivity index (χ2n) is 4.77. The van der Waals surface area contributed by atoms with Gasteiger partial charge in [-0.2, -0.15) is 5.10 Å². The standard InChI is InChI=1S/C15H19N3O2/c1-4-20-15(19)14-13(16)9-18(17-14)8-12-6-5-10(2)11(3)7-12/h5-7,9H,4,8,16H2,1-3H3. The molecule has 1 heterocycles. The van der Waals surface area contributed by atoms with E-state index < -0.39 is 5.97 Å². The Morgan fingerprint density at radius 1 is 1.35 bits per heavy atom. The largest absolute Gasteiger partial charge is 0.461 e. The monoisotopic (exact) mass is 273 g/mol. The van der Waals surface area contributed by atoms with Crippen molar-refractivity contribution in [2.75, 3.05) is 12.3 Å². The first kappa shape index (κ1) is 14.1. The van der Waals surface area contributed by atoms with Gasteiger partial charge in [-0.1, -0.05) is 18.2 Å². The Kier molecular flexibility index (Phi) is 4.08. The van der Waals surface area contributed by atoms with Crippen LogP contribution in [0.25, 0.3) is 0 Å². The SMILES string of the molecule is CCOC(=O)c1nn(Cc2ccc(C)c(C)c2)cc1N. The number of carbonyl (C=O) groups is 1. The summed E-state index contributed by atoms with van der Waals surface area (Å²) in [6.07, 6.45) is 1.65. The van der Waals surface area contributed by atoms with Gasteiger partial charge in [0.15, 0.2) is 5.69 Å². The van der Waals surface area contributed by atoms with E-state index in [1.54, 1.807) is 17.8 Å². The fraction of sp³-hybridized carbons (Fsp3) is 0.333. The van der Waals surface area contributed by atoms with Crippen LogP contribution in [-0.2, 0) is 11.3 Å². The second kappa shape index (κ2) is 5.77. The Morgan fingerprint density at radius 3 is 2.75 bits per heavy atom. The fourth-order valence-corrected chi connectivity index (χ4v) is 1.96. The Hall–Kier alpha value is -2.30. The molecule has 20 heavy (non-hydrogen) atoms. The summed E-state index contributed by atoms with van der Waals surface area (Å²) in [6, 6.07) is 6.23. The van der Waals surface area contributed by atoms with Gasteiger partial charge in [0.2, 0.25) is 0 Å². The number of ether oxygens (including phenoxy) is 1. The molecular formula is C15H19N3O2. The summed E-state index contributed by atoms with van der Waals surface area (Å²) >= 11 is 0. The van der Waals surface area contributed by atoms with Crippen molar-refractivity contribution in [2.45, 2.75) is 27.3 Å². The van der Waals surface area contributed by atoms with E-state index in [2.05, 4.69) is 31.1 Å². The Balaban J connectivity index is 2.20. The Labute approximate surface area is 118 Å². The van der Waals surface area contributed by atoms with Crippen molar-refractivity contribution in [3.05, 3.63) is 46.8 Å². The minimum Gasteiger partial charge on any atom is -0.461 e. The molecule has 0 bridgehead atoms. The predicted octanol–water partition coefficient (Wildman–Crippen LogP) is 2.31. The molecule has 0 radical (unpaired) electrons. The van der Waals surface area contributed by atoms with E-state index in [1.165, 1.54) is 11.1 Å². The van der Waals surface area contributed by atoms with Gasteiger partial charge in [0.25, 0.3) is 0 Å². The molecule has 106 valence electrons. The normalized spacial score (nSPS) is 10.6. The molecule has 0 amide bonds. The van der Waals surface area contributed by atoms with E-state index in [4.69, 9.17) is 10.5 Å². The zero-order valence-corrected chi connectivity index (χ0v) is 12.0. The molecule has 0 aliphatic carbocycles. The van der Waals surface area contributed by atoms with E-state index in [0.29, 0.717) is 18.8 Å². The zero-order chi connectivity index (χ0) is 14.7. The van der Waals surface area contributed by atoms with Crippen LogP contribution in [0, 0.1) is 13.8 Å². The summed E-state index contributed by atoms with van der Waals surface area (Å²) in [5.41, 5.74) is 9.91. The number of nitrogens with two attached hydrogens (primary N) is 1. The summed E-state index contributed by atoms with van der Waals surface area (Å²) in [5, 5.41) is 4.19. The van der Waals surface area contributed by atoms with Crippen LogP contribution in [0.2, 0.25) is 0 Å². The first-order valence-corrected chi connectivity index (χ1v) is 6.57. The summed E-state index contributed by atoms with van der Waals surface area (Å²) in [6.45, 7) is 6.78. The van der Waals surface area contributed by atoms with Crippen LogP contribution in [0.15, 0.2) is 24.4 Å². The summed E-state index contributed by atoms with van der Waals surface area (Å²) < 4.78 is 6.57. The Morgan fingerprint density at radius 2 is 2.10 bits per heavy atom. The number of hydrogen-bond acceptors (Lipinski definition) is 4. The highest BCUT2D eigenvalue weighted by atomic mass is 16.5. The van der Waals surface area contributed by atoms with Crippen LogP contribution in [0.3, 0.4) is 0 Å². The number of anilines is 1. The molecule has 0 atom stereocenters. The molecule has 0 aliphatic rings. The fourth-order valence-electron chi connectivity index (χ4n) is 1.96. The maximum absolute atomic E-state index is 11.7. The minimum absolute atomic E-state index is 0.177. The molecule has 2 aromatic rings. The summed E-state index contributed by atoms with van der Waals surface area (Å²) in [5.74, 6) is -0.483. The molecular weight excluding hydrogens is 254 g/mol. The zero-order valence-electron chi connectivity index (χ0n) is 12.0. The maximum atomic E-state index is 11.7. The van der Waals surface area contributed by atoms with Crippen LogP contribution >= 0.6 is 0 Å². The van der Waals surface area contributed by atoms with Crippen LogP contribution in [0.4, 0.5) is 5.69 Å². The van der Waals surface area contributed by atoms with Gasteiger partial charge in [-0.25, -0.2) is 4.79 Å². The van der Waals surface area contributed by atoms with Crippen molar-refractivity contribution in [1.29, 1.82) is 0 Å². The first-order valence-electron chi connectivity index (χ1n) is 6.57. The number of hydrogen-bond donors (Lipinski definition) is 1. The third kappa shape index (κ3) is 2.99. The first-order chi connectivity index (χ1) is 9.51. The molecule has 0 spiro atoms. The van der Waals surface area contributed by atoms with Gasteiger partial charge in [0.1, 0.15) is 0 Å². The third-order valence-corrected chi connectivity index (χ3v) is 3.17. The van der Waals surface area contributed by atoms with E-state index in [9.17, 15) is 4.79 Å². The number of aryl methyl sites for hydroxylation is 2. The average molecular weight is 273 g/mol. The molecule has 1 aromatic carbocycles. The van der Waals surface area contributed by atoms with Crippen LogP contribution < -0.4 is 5.73 Å². The number of nitrogen functional groups attached to an aromatic ring is 1. The summed E-state index contributed by atoms with van der Waals surface area (Å²) in [4.78, 5) is 11.7. The van der Waals surface area contributed by atoms with Crippen molar-refractivity contribution in [3.63, 3.8) is 0 Å². The van der Waals surface area contributed by atoms with E-state index in [-0.39, 0.29) is 5.69 Å². The molecule has 0 fully saturated rings. The highest BCUT2D eigenvalue weighted by Gasteiger charge is 2.15. The van der Waals surface area contributed by atoms with Gasteiger partial charge in [-0.05, 0) is 37.5 Å². The number of benzene rings is 1. The van der Waals surface area contributed by atoms with Crippen molar-refractivity contribution in [2.24, 2.45) is 0 Å². The third-order valence-electron chi connectivity index (χ3n) is 3.17. The predicted molar refractivity (Wildman–Crippen MR) is 77.6 cm³/mol. The average Bonchev–Trinajstić information content (AvgIpc) is 2.75. The van der Waals surface area contributed by atoms with Crippen molar-refractivity contribution < 1.29 is 9.53 Å². The highest BCUT2D eigenvalue weighted by Crippen LogP contribution is 2.14. The van der Waals surface area contributed by atoms with Gasteiger partial charge >= 0.3 is 5.97 Å². The number of carbonyl (C=O) groups excluding carboxylic acids is 1. The lowest BCUT2D eigenvalue weighted by molar-refractivity contribution is 0.0519. The van der Waals surface area contributed by atoms with E-state index in [0.717, 1.165) is 5.56 Å². The van der Waals surface area contributed by atoms with Crippen LogP contribution in [-0.4, -0.2) is 22.4 Å². The van der Waals surface area contributed by atoms with E-state index >= 15 is 0 Å². The summed E-state index contributed by atoms with van der Waals surface area (Å²) in [7, 11) is 0. The molecule has 0 saturated heterocycles. The molecule has 5 heteroatoms. The van der Waals surface area contributed by atoms with Crippen LogP contribution in [0.1, 0.15) is 34.1 Å². The van der Waals surface area contributed by atoms with Gasteiger partial charge in [-0.3, -0.25) is 4.68 Å². The van der Waals surface area contributed by atoms with Gasteiger partial charge in [0, 0.05) is 6.20 Å². The van der Waals surface area contributed by atoms with Gasteiger partial charge < -0.3 is 10.5 Å². The molecule has 2 rings (SSSR count). The number of esters is 1. The molecule has 0 aliphatic heterocycles. The molecule has 0 unspecified atom stereocenters. The maximum Gasteiger partial charge on any atom is 0.361 e. The topological polar surface area (TPSA) is 70.1 Å². The van der Waals surface area contributed by atoms with Crippen molar-refractivity contribution in [1.82, 2.24) is 9.78 Å². The van der Waals surface area contributed by atoms with Crippen LogP contribution in [0.5, 0.6) is 0 Å². The van der Waals surface area contributed by atoms with Gasteiger partial charge in [0.05, 0.1) is 18.8 Å². The Bertz CT molecular complexity index is 632. The molecule has 2 N–H and O–H groups in total. The second-order valence-corrected chi connectivity index (χ2v) is 4.77.